The quantitative estimate of drug-likeness (QED) is 0.835. The minimum absolute atomic E-state index is 0.0527. The predicted octanol–water partition coefficient (Wildman–Crippen LogP) is 2.04. The van der Waals surface area contributed by atoms with Crippen molar-refractivity contribution in [2.75, 3.05) is 39.3 Å². The number of piperidine rings is 2. The molecule has 0 aromatic heterocycles. The van der Waals surface area contributed by atoms with Crippen molar-refractivity contribution >= 4 is 5.97 Å². The number of carbonyl (C=O) groups is 1. The Hall–Kier alpha value is -2.21. The number of hydrogen-bond donors (Lipinski definition) is 2. The molecule has 5 nitrogen and oxygen atoms in total. The largest absolute Gasteiger partial charge is 0.478 e. The van der Waals surface area contributed by atoms with E-state index in [2.05, 4.69) is 45.4 Å². The summed E-state index contributed by atoms with van der Waals surface area (Å²) in [6.07, 6.45) is 0. The maximum absolute atomic E-state index is 11.6. The van der Waals surface area contributed by atoms with E-state index in [9.17, 15) is 9.90 Å². The summed E-state index contributed by atoms with van der Waals surface area (Å²) in [6, 6.07) is 18.6. The molecule has 0 radical (unpaired) electrons. The molecule has 0 amide bonds. The molecule has 6 rings (SSSR count). The standard InChI is InChI=1S/C23H27N3O2/c27-22(28)20-9-5-4-6-17(20)12-24-21-18-13-25-10-11-26(14-18)16-23(21,15-25)19-7-2-1-3-8-19/h1-9,18,21,24H,10-16H2,(H,27,28). The van der Waals surface area contributed by atoms with Crippen molar-refractivity contribution < 1.29 is 9.90 Å². The van der Waals surface area contributed by atoms with E-state index in [1.165, 1.54) is 5.56 Å². The fourth-order valence-corrected chi connectivity index (χ4v) is 5.78. The van der Waals surface area contributed by atoms with Crippen LogP contribution in [0.3, 0.4) is 0 Å². The Kier molecular flexibility index (Phi) is 4.46. The van der Waals surface area contributed by atoms with E-state index in [-0.39, 0.29) is 5.41 Å². The smallest absolute Gasteiger partial charge is 0.336 e. The van der Waals surface area contributed by atoms with Gasteiger partial charge in [-0.3, -0.25) is 0 Å². The average Bonchev–Trinajstić information content (AvgIpc) is 2.96. The van der Waals surface area contributed by atoms with Crippen LogP contribution in [-0.2, 0) is 12.0 Å². The van der Waals surface area contributed by atoms with Gasteiger partial charge in [0.05, 0.1) is 5.56 Å². The Morgan fingerprint density at radius 3 is 2.32 bits per heavy atom. The summed E-state index contributed by atoms with van der Waals surface area (Å²) in [5, 5.41) is 13.4. The molecule has 0 spiro atoms. The first-order valence-corrected chi connectivity index (χ1v) is 10.2. The Morgan fingerprint density at radius 1 is 1.00 bits per heavy atom. The second-order valence-electron chi connectivity index (χ2n) is 8.57. The van der Waals surface area contributed by atoms with Crippen molar-refractivity contribution in [1.82, 2.24) is 15.1 Å². The highest BCUT2D eigenvalue weighted by molar-refractivity contribution is 5.89. The predicted molar refractivity (Wildman–Crippen MR) is 109 cm³/mol. The lowest BCUT2D eigenvalue weighted by Crippen LogP contribution is -2.69. The topological polar surface area (TPSA) is 55.8 Å². The van der Waals surface area contributed by atoms with Crippen molar-refractivity contribution in [2.24, 2.45) is 5.92 Å². The Balaban J connectivity index is 1.48. The first kappa shape index (κ1) is 17.9. The number of carboxylic acids is 1. The number of fused-ring (bicyclic) bond motifs is 1. The summed E-state index contributed by atoms with van der Waals surface area (Å²) in [5.41, 5.74) is 2.72. The van der Waals surface area contributed by atoms with Gasteiger partial charge in [-0.15, -0.1) is 0 Å². The van der Waals surface area contributed by atoms with Gasteiger partial charge in [0.1, 0.15) is 0 Å². The van der Waals surface area contributed by atoms with Crippen LogP contribution in [0, 0.1) is 5.92 Å². The molecule has 5 heteroatoms. The second kappa shape index (κ2) is 6.99. The number of benzene rings is 2. The van der Waals surface area contributed by atoms with E-state index in [1.807, 2.05) is 12.1 Å². The number of rotatable bonds is 5. The monoisotopic (exact) mass is 377 g/mol. The van der Waals surface area contributed by atoms with Crippen LogP contribution in [0.4, 0.5) is 0 Å². The van der Waals surface area contributed by atoms with Gasteiger partial charge in [0.25, 0.3) is 0 Å². The van der Waals surface area contributed by atoms with Crippen molar-refractivity contribution in [3.63, 3.8) is 0 Å². The van der Waals surface area contributed by atoms with E-state index < -0.39 is 5.97 Å². The zero-order valence-electron chi connectivity index (χ0n) is 16.1. The number of carboxylic acid groups (broad SMARTS) is 1. The third kappa shape index (κ3) is 2.94. The minimum atomic E-state index is -0.853. The van der Waals surface area contributed by atoms with Crippen LogP contribution in [0.2, 0.25) is 0 Å². The molecule has 2 aromatic carbocycles. The van der Waals surface area contributed by atoms with Crippen LogP contribution < -0.4 is 5.32 Å². The SMILES string of the molecule is O=C(O)c1ccccc1CNC1C2CN3CCN(C2)CC1(c1ccccc1)C3. The molecular formula is C23H27N3O2. The maximum Gasteiger partial charge on any atom is 0.336 e. The maximum atomic E-state index is 11.6. The molecule has 4 aliphatic rings. The fourth-order valence-electron chi connectivity index (χ4n) is 5.78. The molecule has 0 aliphatic carbocycles. The van der Waals surface area contributed by atoms with Gasteiger partial charge in [0.2, 0.25) is 0 Å². The van der Waals surface area contributed by atoms with Gasteiger partial charge in [-0.2, -0.15) is 0 Å². The third-order valence-electron chi connectivity index (χ3n) is 6.91. The summed E-state index contributed by atoms with van der Waals surface area (Å²) < 4.78 is 0. The molecule has 4 saturated heterocycles. The molecule has 4 fully saturated rings. The number of nitrogens with zero attached hydrogens (tertiary/aromatic N) is 2. The van der Waals surface area contributed by atoms with Crippen LogP contribution in [-0.4, -0.2) is 66.2 Å². The molecule has 2 aromatic rings. The molecule has 4 bridgehead atoms. The molecule has 28 heavy (non-hydrogen) atoms. The van der Waals surface area contributed by atoms with E-state index in [1.54, 1.807) is 12.1 Å². The van der Waals surface area contributed by atoms with Crippen LogP contribution in [0.25, 0.3) is 0 Å². The Morgan fingerprint density at radius 2 is 1.64 bits per heavy atom. The van der Waals surface area contributed by atoms with E-state index in [0.717, 1.165) is 44.8 Å². The lowest BCUT2D eigenvalue weighted by molar-refractivity contribution is 0.0174. The summed E-state index contributed by atoms with van der Waals surface area (Å²) in [4.78, 5) is 16.9. The summed E-state index contributed by atoms with van der Waals surface area (Å²) in [7, 11) is 0. The summed E-state index contributed by atoms with van der Waals surface area (Å²) >= 11 is 0. The fraction of sp³-hybridized carbons (Fsp3) is 0.435. The van der Waals surface area contributed by atoms with Gasteiger partial charge in [-0.05, 0) is 17.2 Å². The minimum Gasteiger partial charge on any atom is -0.478 e. The first-order valence-electron chi connectivity index (χ1n) is 10.2. The van der Waals surface area contributed by atoms with Gasteiger partial charge < -0.3 is 20.2 Å². The number of hydrogen-bond acceptors (Lipinski definition) is 4. The zero-order chi connectivity index (χ0) is 19.1. The Labute approximate surface area is 166 Å². The van der Waals surface area contributed by atoms with Gasteiger partial charge in [-0.1, -0.05) is 48.5 Å². The van der Waals surface area contributed by atoms with E-state index in [0.29, 0.717) is 24.1 Å². The summed E-state index contributed by atoms with van der Waals surface area (Å²) in [5.74, 6) is -0.295. The number of nitrogens with one attached hydrogen (secondary N) is 1. The van der Waals surface area contributed by atoms with Gasteiger partial charge in [-0.25, -0.2) is 4.79 Å². The highest BCUT2D eigenvalue weighted by Crippen LogP contribution is 2.43. The molecule has 3 unspecified atom stereocenters. The van der Waals surface area contributed by atoms with Gasteiger partial charge in [0, 0.05) is 63.2 Å². The lowest BCUT2D eigenvalue weighted by Gasteiger charge is -2.56. The molecule has 2 N–H and O–H groups in total. The van der Waals surface area contributed by atoms with E-state index in [4.69, 9.17) is 0 Å². The van der Waals surface area contributed by atoms with E-state index >= 15 is 0 Å². The normalized spacial score (nSPS) is 33.6. The van der Waals surface area contributed by atoms with Crippen LogP contribution in [0.5, 0.6) is 0 Å². The Bertz CT molecular complexity index is 853. The molecule has 4 heterocycles. The van der Waals surface area contributed by atoms with Crippen molar-refractivity contribution in [3.8, 4) is 0 Å². The van der Waals surface area contributed by atoms with Gasteiger partial charge in [0.15, 0.2) is 0 Å². The van der Waals surface area contributed by atoms with Crippen LogP contribution in [0.1, 0.15) is 21.5 Å². The molecule has 4 aliphatic heterocycles. The second-order valence-corrected chi connectivity index (χ2v) is 8.57. The molecule has 146 valence electrons. The van der Waals surface area contributed by atoms with Crippen molar-refractivity contribution in [1.29, 1.82) is 0 Å². The van der Waals surface area contributed by atoms with Crippen LogP contribution >= 0.6 is 0 Å². The van der Waals surface area contributed by atoms with Crippen molar-refractivity contribution in [3.05, 3.63) is 71.3 Å². The number of aromatic carboxylic acids is 1. The summed E-state index contributed by atoms with van der Waals surface area (Å²) in [6.45, 7) is 7.30. The molecular weight excluding hydrogens is 350 g/mol. The molecule has 3 atom stereocenters. The molecule has 0 saturated carbocycles. The highest BCUT2D eigenvalue weighted by Gasteiger charge is 2.54. The third-order valence-corrected chi connectivity index (χ3v) is 6.91. The van der Waals surface area contributed by atoms with Crippen molar-refractivity contribution in [2.45, 2.75) is 18.0 Å². The van der Waals surface area contributed by atoms with Gasteiger partial charge >= 0.3 is 5.97 Å². The average molecular weight is 377 g/mol. The van der Waals surface area contributed by atoms with Crippen LogP contribution in [0.15, 0.2) is 54.6 Å². The zero-order valence-corrected chi connectivity index (χ0v) is 16.1. The first-order chi connectivity index (χ1) is 13.7. The highest BCUT2D eigenvalue weighted by atomic mass is 16.4. The lowest BCUT2D eigenvalue weighted by atomic mass is 9.64.